The number of rotatable bonds is 2. The molecule has 3 aromatic rings. The molecule has 0 aliphatic rings. The van der Waals surface area contributed by atoms with Gasteiger partial charge < -0.3 is 4.74 Å². The summed E-state index contributed by atoms with van der Waals surface area (Å²) in [6, 6.07) is 6.22. The fraction of sp³-hybridized carbons (Fsp3) is 0.333. The van der Waals surface area contributed by atoms with Crippen LogP contribution in [0.4, 0.5) is 0 Å². The van der Waals surface area contributed by atoms with Crippen molar-refractivity contribution in [1.82, 2.24) is 14.4 Å². The number of benzene rings is 1. The fourth-order valence-electron chi connectivity index (χ4n) is 2.63. The first kappa shape index (κ1) is 14.6. The van der Waals surface area contributed by atoms with E-state index in [9.17, 15) is 0 Å². The van der Waals surface area contributed by atoms with E-state index in [1.54, 1.807) is 6.20 Å². The Morgan fingerprint density at radius 3 is 2.50 bits per heavy atom. The minimum atomic E-state index is -0.196. The van der Waals surface area contributed by atoms with Crippen LogP contribution in [-0.4, -0.2) is 20.0 Å². The van der Waals surface area contributed by atoms with Crippen molar-refractivity contribution in [2.75, 3.05) is 0 Å². The monoisotopic (exact) mass is 295 g/mol. The van der Waals surface area contributed by atoms with E-state index in [2.05, 4.69) is 56.7 Å². The molecule has 3 rings (SSSR count). The molecule has 0 saturated carbocycles. The molecule has 114 valence electrons. The van der Waals surface area contributed by atoms with Gasteiger partial charge in [0.15, 0.2) is 0 Å². The van der Waals surface area contributed by atoms with Crippen molar-refractivity contribution in [3.63, 3.8) is 0 Å². The second kappa shape index (κ2) is 5.13. The van der Waals surface area contributed by atoms with Crippen LogP contribution in [0, 0.1) is 13.8 Å². The van der Waals surface area contributed by atoms with Gasteiger partial charge in [-0.1, -0.05) is 0 Å². The lowest BCUT2D eigenvalue weighted by Crippen LogP contribution is -2.22. The summed E-state index contributed by atoms with van der Waals surface area (Å²) in [6.45, 7) is 10.3. The molecule has 0 N–H and O–H groups in total. The van der Waals surface area contributed by atoms with Crippen molar-refractivity contribution in [3.05, 3.63) is 47.9 Å². The molecule has 4 nitrogen and oxygen atoms in total. The SMILES string of the molecule is Cc1cc(OC(C)(C)C)ccc1-c1c(C)cnc2nccn12. The van der Waals surface area contributed by atoms with E-state index in [0.29, 0.717) is 0 Å². The number of aryl methyl sites for hydroxylation is 2. The van der Waals surface area contributed by atoms with Crippen molar-refractivity contribution >= 4 is 5.78 Å². The summed E-state index contributed by atoms with van der Waals surface area (Å²) in [4.78, 5) is 8.62. The highest BCUT2D eigenvalue weighted by molar-refractivity contribution is 5.69. The fourth-order valence-corrected chi connectivity index (χ4v) is 2.63. The van der Waals surface area contributed by atoms with Crippen LogP contribution in [0.25, 0.3) is 17.0 Å². The Morgan fingerprint density at radius 2 is 1.82 bits per heavy atom. The topological polar surface area (TPSA) is 39.4 Å². The zero-order valence-electron chi connectivity index (χ0n) is 13.7. The molecule has 22 heavy (non-hydrogen) atoms. The van der Waals surface area contributed by atoms with Gasteiger partial charge in [-0.25, -0.2) is 9.97 Å². The highest BCUT2D eigenvalue weighted by atomic mass is 16.5. The molecule has 4 heteroatoms. The molecule has 0 aliphatic carbocycles. The van der Waals surface area contributed by atoms with Crippen LogP contribution in [0.2, 0.25) is 0 Å². The van der Waals surface area contributed by atoms with Gasteiger partial charge in [0.2, 0.25) is 5.78 Å². The molecule has 0 amide bonds. The molecule has 0 atom stereocenters. The summed E-state index contributed by atoms with van der Waals surface area (Å²) < 4.78 is 7.97. The second-order valence-electron chi connectivity index (χ2n) is 6.58. The van der Waals surface area contributed by atoms with Crippen LogP contribution in [0.1, 0.15) is 31.9 Å². The highest BCUT2D eigenvalue weighted by Crippen LogP contribution is 2.30. The van der Waals surface area contributed by atoms with Crippen LogP contribution < -0.4 is 4.74 Å². The van der Waals surface area contributed by atoms with Crippen LogP contribution in [0.3, 0.4) is 0 Å². The van der Waals surface area contributed by atoms with Gasteiger partial charge in [0.25, 0.3) is 0 Å². The Balaban J connectivity index is 2.12. The third-order valence-corrected chi connectivity index (χ3v) is 3.49. The molecule has 1 aromatic carbocycles. The van der Waals surface area contributed by atoms with Gasteiger partial charge in [0, 0.05) is 24.2 Å². The molecule has 0 radical (unpaired) electrons. The molecule has 2 heterocycles. The van der Waals surface area contributed by atoms with Crippen molar-refractivity contribution in [2.24, 2.45) is 0 Å². The summed E-state index contributed by atoms with van der Waals surface area (Å²) in [5.41, 5.74) is 4.40. The predicted molar refractivity (Wildman–Crippen MR) is 88.3 cm³/mol. The van der Waals surface area contributed by atoms with Gasteiger partial charge in [-0.2, -0.15) is 0 Å². The number of ether oxygens (including phenoxy) is 1. The molecule has 0 saturated heterocycles. The second-order valence-corrected chi connectivity index (χ2v) is 6.58. The van der Waals surface area contributed by atoms with Gasteiger partial charge in [-0.05, 0) is 63.9 Å². The van der Waals surface area contributed by atoms with E-state index in [4.69, 9.17) is 4.74 Å². The standard InChI is InChI=1S/C18H21N3O/c1-12-10-14(22-18(3,4)5)6-7-15(12)16-13(2)11-20-17-19-8-9-21(16)17/h6-11H,1-5H3. The van der Waals surface area contributed by atoms with Gasteiger partial charge in [-0.3, -0.25) is 4.40 Å². The maximum atomic E-state index is 5.94. The normalized spacial score (nSPS) is 11.9. The van der Waals surface area contributed by atoms with E-state index in [1.807, 2.05) is 22.9 Å². The first-order valence-electron chi connectivity index (χ1n) is 7.44. The smallest absolute Gasteiger partial charge is 0.234 e. The number of imidazole rings is 1. The van der Waals surface area contributed by atoms with E-state index < -0.39 is 0 Å². The summed E-state index contributed by atoms with van der Waals surface area (Å²) >= 11 is 0. The number of aromatic nitrogens is 3. The van der Waals surface area contributed by atoms with E-state index in [-0.39, 0.29) is 5.60 Å². The van der Waals surface area contributed by atoms with Crippen LogP contribution >= 0.6 is 0 Å². The van der Waals surface area contributed by atoms with Gasteiger partial charge >= 0.3 is 0 Å². The Hall–Kier alpha value is -2.36. The quantitative estimate of drug-likeness (QED) is 0.711. The summed E-state index contributed by atoms with van der Waals surface area (Å²) in [6.07, 6.45) is 5.60. The minimum absolute atomic E-state index is 0.196. The van der Waals surface area contributed by atoms with Crippen molar-refractivity contribution in [1.29, 1.82) is 0 Å². The van der Waals surface area contributed by atoms with E-state index >= 15 is 0 Å². The summed E-state index contributed by atoms with van der Waals surface area (Å²) in [5, 5.41) is 0. The lowest BCUT2D eigenvalue weighted by molar-refractivity contribution is 0.131. The Labute approximate surface area is 130 Å². The lowest BCUT2D eigenvalue weighted by Gasteiger charge is -2.22. The van der Waals surface area contributed by atoms with Gasteiger partial charge in [-0.15, -0.1) is 0 Å². The first-order chi connectivity index (χ1) is 10.3. The zero-order valence-corrected chi connectivity index (χ0v) is 13.7. The highest BCUT2D eigenvalue weighted by Gasteiger charge is 2.15. The predicted octanol–water partition coefficient (Wildman–Crippen LogP) is 4.19. The number of nitrogens with zero attached hydrogens (tertiary/aromatic N) is 3. The zero-order chi connectivity index (χ0) is 15.9. The molecule has 0 unspecified atom stereocenters. The lowest BCUT2D eigenvalue weighted by atomic mass is 10.0. The van der Waals surface area contributed by atoms with E-state index in [0.717, 1.165) is 22.8 Å². The van der Waals surface area contributed by atoms with Crippen LogP contribution in [0.5, 0.6) is 5.75 Å². The Bertz CT molecular complexity index is 828. The molecule has 2 aromatic heterocycles. The summed E-state index contributed by atoms with van der Waals surface area (Å²) in [7, 11) is 0. The number of hydrogen-bond acceptors (Lipinski definition) is 3. The first-order valence-corrected chi connectivity index (χ1v) is 7.44. The molecule has 0 spiro atoms. The Kier molecular flexibility index (Phi) is 3.39. The van der Waals surface area contributed by atoms with Gasteiger partial charge in [0.1, 0.15) is 11.4 Å². The molecular weight excluding hydrogens is 274 g/mol. The van der Waals surface area contributed by atoms with E-state index in [1.165, 1.54) is 11.1 Å². The Morgan fingerprint density at radius 1 is 1.05 bits per heavy atom. The van der Waals surface area contributed by atoms with Crippen molar-refractivity contribution < 1.29 is 4.74 Å². The average Bonchev–Trinajstić information content (AvgIpc) is 2.86. The maximum Gasteiger partial charge on any atom is 0.234 e. The largest absolute Gasteiger partial charge is 0.488 e. The molecule has 0 bridgehead atoms. The molecule has 0 aliphatic heterocycles. The van der Waals surface area contributed by atoms with Gasteiger partial charge in [0.05, 0.1) is 5.69 Å². The number of fused-ring (bicyclic) bond motifs is 1. The maximum absolute atomic E-state index is 5.94. The minimum Gasteiger partial charge on any atom is -0.488 e. The average molecular weight is 295 g/mol. The third kappa shape index (κ3) is 2.69. The third-order valence-electron chi connectivity index (χ3n) is 3.49. The molecular formula is C18H21N3O. The van der Waals surface area contributed by atoms with Crippen LogP contribution in [0.15, 0.2) is 36.8 Å². The summed E-state index contributed by atoms with van der Waals surface area (Å²) in [5.74, 6) is 1.61. The van der Waals surface area contributed by atoms with Crippen molar-refractivity contribution in [3.8, 4) is 17.0 Å². The van der Waals surface area contributed by atoms with Crippen LogP contribution in [-0.2, 0) is 0 Å². The molecule has 0 fully saturated rings. The van der Waals surface area contributed by atoms with Crippen molar-refractivity contribution in [2.45, 2.75) is 40.2 Å². The number of hydrogen-bond donors (Lipinski definition) is 0.